The zero-order valence-electron chi connectivity index (χ0n) is 18.8. The summed E-state index contributed by atoms with van der Waals surface area (Å²) in [7, 11) is 3.50. The number of benzene rings is 1. The Labute approximate surface area is 198 Å². The van der Waals surface area contributed by atoms with Crippen molar-refractivity contribution in [1.29, 1.82) is 0 Å². The predicted molar refractivity (Wildman–Crippen MR) is 133 cm³/mol. The largest absolute Gasteiger partial charge is 0.382 e. The van der Waals surface area contributed by atoms with Gasteiger partial charge in [0.25, 0.3) is 0 Å². The lowest BCUT2D eigenvalue weighted by Gasteiger charge is -2.21. The van der Waals surface area contributed by atoms with Crippen molar-refractivity contribution >= 4 is 35.8 Å². The number of rotatable bonds is 10. The van der Waals surface area contributed by atoms with E-state index in [4.69, 9.17) is 4.74 Å². The van der Waals surface area contributed by atoms with Gasteiger partial charge in [-0.25, -0.2) is 4.99 Å². The highest BCUT2D eigenvalue weighted by Crippen LogP contribution is 2.20. The molecule has 0 bridgehead atoms. The number of hydrogen-bond donors (Lipinski definition) is 2. The summed E-state index contributed by atoms with van der Waals surface area (Å²) in [4.78, 5) is 20.5. The van der Waals surface area contributed by atoms with Crippen molar-refractivity contribution in [2.75, 3.05) is 46.9 Å². The molecule has 30 heavy (non-hydrogen) atoms. The standard InChI is InChI=1S/C22H37N5O2.HI/c1-5-29-13-9-12-23-22(24-15-21(28)26(3)4)25-20-14-18(2)27(17-20)16-19-10-7-6-8-11-19;/h6-8,10-11,18,20H,5,9,12-17H2,1-4H3,(H2,23,24,25);1H. The third kappa shape index (κ3) is 9.61. The molecule has 1 amide bonds. The lowest BCUT2D eigenvalue weighted by Crippen LogP contribution is -2.45. The minimum atomic E-state index is -0.00842. The molecule has 8 heteroatoms. The van der Waals surface area contributed by atoms with Crippen LogP contribution in [-0.4, -0.2) is 80.7 Å². The van der Waals surface area contributed by atoms with Gasteiger partial charge < -0.3 is 20.3 Å². The first kappa shape index (κ1) is 26.6. The first-order chi connectivity index (χ1) is 14.0. The first-order valence-corrected chi connectivity index (χ1v) is 10.6. The van der Waals surface area contributed by atoms with E-state index in [-0.39, 0.29) is 36.4 Å². The molecule has 7 nitrogen and oxygen atoms in total. The van der Waals surface area contributed by atoms with E-state index in [2.05, 4.69) is 57.8 Å². The van der Waals surface area contributed by atoms with Crippen LogP contribution in [0, 0.1) is 0 Å². The van der Waals surface area contributed by atoms with Crippen LogP contribution in [0.3, 0.4) is 0 Å². The smallest absolute Gasteiger partial charge is 0.243 e. The van der Waals surface area contributed by atoms with Crippen LogP contribution >= 0.6 is 24.0 Å². The van der Waals surface area contributed by atoms with Crippen molar-refractivity contribution < 1.29 is 9.53 Å². The Balaban J connectivity index is 0.00000450. The van der Waals surface area contributed by atoms with Crippen molar-refractivity contribution in [3.8, 4) is 0 Å². The van der Waals surface area contributed by atoms with E-state index in [1.807, 2.05) is 6.92 Å². The number of hydrogen-bond acceptors (Lipinski definition) is 4. The highest BCUT2D eigenvalue weighted by Gasteiger charge is 2.29. The lowest BCUT2D eigenvalue weighted by atomic mass is 10.2. The molecule has 1 heterocycles. The average molecular weight is 531 g/mol. The Morgan fingerprint density at radius 1 is 1.30 bits per heavy atom. The number of ether oxygens (including phenoxy) is 1. The second-order valence-corrected chi connectivity index (χ2v) is 7.77. The Morgan fingerprint density at radius 2 is 2.03 bits per heavy atom. The number of aliphatic imine (C=N–C) groups is 1. The minimum absolute atomic E-state index is 0. The number of amides is 1. The average Bonchev–Trinajstić information content (AvgIpc) is 3.04. The van der Waals surface area contributed by atoms with Crippen molar-refractivity contribution in [2.24, 2.45) is 4.99 Å². The van der Waals surface area contributed by atoms with Crippen LogP contribution in [0.15, 0.2) is 35.3 Å². The topological polar surface area (TPSA) is 69.2 Å². The van der Waals surface area contributed by atoms with Crippen molar-refractivity contribution in [1.82, 2.24) is 20.4 Å². The highest BCUT2D eigenvalue weighted by molar-refractivity contribution is 14.0. The monoisotopic (exact) mass is 531 g/mol. The van der Waals surface area contributed by atoms with Gasteiger partial charge in [0.1, 0.15) is 6.54 Å². The molecule has 1 aliphatic heterocycles. The summed E-state index contributed by atoms with van der Waals surface area (Å²) >= 11 is 0. The van der Waals surface area contributed by atoms with Crippen LogP contribution in [0.25, 0.3) is 0 Å². The van der Waals surface area contributed by atoms with Crippen molar-refractivity contribution in [3.63, 3.8) is 0 Å². The molecule has 1 saturated heterocycles. The number of likely N-dealkylation sites (tertiary alicyclic amines) is 1. The van der Waals surface area contributed by atoms with Gasteiger partial charge in [0.2, 0.25) is 5.91 Å². The predicted octanol–water partition coefficient (Wildman–Crippen LogP) is 2.32. The number of halogens is 1. The number of nitrogens with zero attached hydrogens (tertiary/aromatic N) is 3. The maximum atomic E-state index is 11.9. The molecular weight excluding hydrogens is 493 g/mol. The second-order valence-electron chi connectivity index (χ2n) is 7.77. The molecule has 170 valence electrons. The summed E-state index contributed by atoms with van der Waals surface area (Å²) in [5, 5.41) is 6.88. The Bertz CT molecular complexity index is 642. The molecule has 1 aliphatic rings. The fourth-order valence-electron chi connectivity index (χ4n) is 3.40. The Kier molecular flexibility index (Phi) is 13.0. The molecule has 0 radical (unpaired) electrons. The number of carbonyl (C=O) groups excluding carboxylic acids is 1. The summed E-state index contributed by atoms with van der Waals surface area (Å²) in [5.74, 6) is 0.696. The van der Waals surface area contributed by atoms with Crippen LogP contribution in [-0.2, 0) is 16.1 Å². The van der Waals surface area contributed by atoms with Gasteiger partial charge in [-0.1, -0.05) is 30.3 Å². The van der Waals surface area contributed by atoms with Crippen LogP contribution < -0.4 is 10.6 Å². The van der Waals surface area contributed by atoms with Crippen molar-refractivity contribution in [3.05, 3.63) is 35.9 Å². The molecule has 0 saturated carbocycles. The minimum Gasteiger partial charge on any atom is -0.382 e. The van der Waals surface area contributed by atoms with E-state index in [0.29, 0.717) is 18.0 Å². The lowest BCUT2D eigenvalue weighted by molar-refractivity contribution is -0.127. The van der Waals surface area contributed by atoms with E-state index in [1.54, 1.807) is 19.0 Å². The summed E-state index contributed by atoms with van der Waals surface area (Å²) < 4.78 is 5.40. The highest BCUT2D eigenvalue weighted by atomic mass is 127. The summed E-state index contributed by atoms with van der Waals surface area (Å²) in [6.07, 6.45) is 1.95. The number of carbonyl (C=O) groups is 1. The molecule has 1 aromatic rings. The third-order valence-electron chi connectivity index (χ3n) is 5.11. The molecule has 0 aliphatic carbocycles. The van der Waals surface area contributed by atoms with Gasteiger partial charge in [-0.2, -0.15) is 0 Å². The van der Waals surface area contributed by atoms with Crippen LogP contribution in [0.5, 0.6) is 0 Å². The molecule has 2 atom stereocenters. The zero-order valence-corrected chi connectivity index (χ0v) is 21.1. The van der Waals surface area contributed by atoms with Gasteiger partial charge in [-0.15, -0.1) is 24.0 Å². The summed E-state index contributed by atoms with van der Waals surface area (Å²) in [6.45, 7) is 8.53. The molecule has 0 spiro atoms. The zero-order chi connectivity index (χ0) is 21.1. The number of likely N-dealkylation sites (N-methyl/N-ethyl adjacent to an activating group) is 1. The fraction of sp³-hybridized carbons (Fsp3) is 0.636. The van der Waals surface area contributed by atoms with Crippen molar-refractivity contribution in [2.45, 2.75) is 45.3 Å². The summed E-state index contributed by atoms with van der Waals surface area (Å²) in [6, 6.07) is 11.4. The van der Waals surface area contributed by atoms with Crippen LogP contribution in [0.4, 0.5) is 0 Å². The summed E-state index contributed by atoms with van der Waals surface area (Å²) in [5.41, 5.74) is 1.33. The van der Waals surface area contributed by atoms with Gasteiger partial charge in [0.05, 0.1) is 0 Å². The Morgan fingerprint density at radius 3 is 2.70 bits per heavy atom. The second kappa shape index (κ2) is 14.6. The van der Waals surface area contributed by atoms with Crippen LogP contribution in [0.2, 0.25) is 0 Å². The quantitative estimate of drug-likeness (QED) is 0.210. The molecular formula is C22H38IN5O2. The van der Waals surface area contributed by atoms with E-state index >= 15 is 0 Å². The molecule has 0 aromatic heterocycles. The van der Waals surface area contributed by atoms with Gasteiger partial charge in [0, 0.05) is 59.0 Å². The van der Waals surface area contributed by atoms with E-state index < -0.39 is 0 Å². The van der Waals surface area contributed by atoms with Gasteiger partial charge in [0.15, 0.2) is 5.96 Å². The van der Waals surface area contributed by atoms with E-state index in [1.165, 1.54) is 5.56 Å². The molecule has 2 rings (SSSR count). The van der Waals surface area contributed by atoms with E-state index in [9.17, 15) is 4.79 Å². The molecule has 2 N–H and O–H groups in total. The fourth-order valence-corrected chi connectivity index (χ4v) is 3.40. The van der Waals surface area contributed by atoms with Gasteiger partial charge in [-0.3, -0.25) is 9.69 Å². The number of guanidine groups is 1. The molecule has 1 aromatic carbocycles. The maximum Gasteiger partial charge on any atom is 0.243 e. The van der Waals surface area contributed by atoms with Crippen LogP contribution in [0.1, 0.15) is 32.3 Å². The number of nitrogens with one attached hydrogen (secondary N) is 2. The molecule has 1 fully saturated rings. The third-order valence-corrected chi connectivity index (χ3v) is 5.11. The van der Waals surface area contributed by atoms with Gasteiger partial charge in [-0.05, 0) is 32.3 Å². The first-order valence-electron chi connectivity index (χ1n) is 10.6. The molecule has 2 unspecified atom stereocenters. The van der Waals surface area contributed by atoms with E-state index in [0.717, 1.165) is 45.7 Å². The Hall–Kier alpha value is -1.39. The maximum absolute atomic E-state index is 11.9. The van der Waals surface area contributed by atoms with Gasteiger partial charge >= 0.3 is 0 Å². The SMILES string of the molecule is CCOCCCNC(=NCC(=O)N(C)C)NC1CC(C)N(Cc2ccccc2)C1.I. The normalized spacial score (nSPS) is 19.3.